The van der Waals surface area contributed by atoms with Gasteiger partial charge in [-0.15, -0.1) is 0 Å². The van der Waals surface area contributed by atoms with Gasteiger partial charge >= 0.3 is 5.97 Å². The number of benzene rings is 4. The summed E-state index contributed by atoms with van der Waals surface area (Å²) in [5, 5.41) is 1.70. The van der Waals surface area contributed by atoms with Crippen LogP contribution in [0.4, 0.5) is 28.9 Å². The maximum Gasteiger partial charge on any atom is 0.313 e. The van der Waals surface area contributed by atoms with E-state index in [1.54, 1.807) is 12.1 Å². The van der Waals surface area contributed by atoms with Gasteiger partial charge in [0.2, 0.25) is 17.4 Å². The molecule has 75 heavy (non-hydrogen) atoms. The Hall–Kier alpha value is -5.25. The lowest BCUT2D eigenvalue weighted by Crippen LogP contribution is -2.51. The second-order valence-electron chi connectivity index (χ2n) is 20.4. The van der Waals surface area contributed by atoms with Gasteiger partial charge in [0, 0.05) is 63.1 Å². The molecule has 6 heterocycles. The SMILES string of the molecule is CCC1=CC(C)(C)N2CCCc3c4c(cc1c32)C1(c2cc3c5c(c2O4)CCCN5C(C)(C)C=C3CS(=O)(=O)O)c2c(Cl)ccc(Cl)c2C(=O)N1OCCOCCOCCOCCC(=O)Oc1c(F)c(F)cc(F)c1F. The Morgan fingerprint density at radius 1 is 0.747 bits per heavy atom. The van der Waals surface area contributed by atoms with Crippen molar-refractivity contribution in [3.05, 3.63) is 120 Å². The fourth-order valence-corrected chi connectivity index (χ4v) is 13.0. The van der Waals surface area contributed by atoms with Crippen molar-refractivity contribution in [2.24, 2.45) is 0 Å². The lowest BCUT2D eigenvalue weighted by molar-refractivity contribution is -0.171. The summed E-state index contributed by atoms with van der Waals surface area (Å²) in [6.07, 6.45) is 7.20. The van der Waals surface area contributed by atoms with Gasteiger partial charge in [-0.25, -0.2) is 8.78 Å². The third-order valence-electron chi connectivity index (χ3n) is 14.8. The van der Waals surface area contributed by atoms with Crippen molar-refractivity contribution in [2.75, 3.05) is 74.9 Å². The minimum atomic E-state index is -4.53. The molecule has 4 aromatic rings. The largest absolute Gasteiger partial charge is 0.456 e. The van der Waals surface area contributed by atoms with E-state index in [1.807, 2.05) is 26.0 Å². The fourth-order valence-electron chi connectivity index (χ4n) is 11.8. The van der Waals surface area contributed by atoms with E-state index in [0.29, 0.717) is 65.1 Å². The molecule has 1 N–H and O–H groups in total. The molecular weight excluding hydrogens is 1050 g/mol. The van der Waals surface area contributed by atoms with Gasteiger partial charge in [0.15, 0.2) is 17.2 Å². The number of allylic oxidation sites excluding steroid dienone is 1. The number of esters is 1. The molecule has 0 aromatic heterocycles. The van der Waals surface area contributed by atoms with Crippen LogP contribution in [-0.2, 0) is 52.3 Å². The number of carbonyl (C=O) groups is 2. The van der Waals surface area contributed by atoms with Crippen molar-refractivity contribution < 1.29 is 68.6 Å². The first-order valence-electron chi connectivity index (χ1n) is 24.9. The number of ether oxygens (including phenoxy) is 5. The number of amides is 1. The summed E-state index contributed by atoms with van der Waals surface area (Å²) in [7, 11) is -4.53. The average Bonchev–Trinajstić information content (AvgIpc) is 3.75. The average molecular weight is 1100 g/mol. The van der Waals surface area contributed by atoms with Crippen molar-refractivity contribution in [3.8, 4) is 17.2 Å². The number of fused-ring (bicyclic) bond motifs is 8. The Balaban J connectivity index is 0.960. The Morgan fingerprint density at radius 3 is 1.80 bits per heavy atom. The van der Waals surface area contributed by atoms with Crippen LogP contribution in [0, 0.1) is 23.3 Å². The van der Waals surface area contributed by atoms with Crippen molar-refractivity contribution in [1.82, 2.24) is 5.06 Å². The van der Waals surface area contributed by atoms with Crippen LogP contribution < -0.4 is 19.3 Å². The monoisotopic (exact) mass is 1100 g/mol. The van der Waals surface area contributed by atoms with E-state index < -0.39 is 74.3 Å². The van der Waals surface area contributed by atoms with Gasteiger partial charge < -0.3 is 33.5 Å². The van der Waals surface area contributed by atoms with Gasteiger partial charge in [0.25, 0.3) is 16.0 Å². The van der Waals surface area contributed by atoms with E-state index in [9.17, 15) is 35.3 Å². The Bertz CT molecular complexity index is 3220. The number of hydrogen-bond donors (Lipinski definition) is 1. The molecule has 1 amide bonds. The third kappa shape index (κ3) is 9.07. The van der Waals surface area contributed by atoms with Crippen molar-refractivity contribution in [2.45, 2.75) is 89.8 Å². The van der Waals surface area contributed by atoms with E-state index >= 15 is 4.79 Å². The molecule has 6 aliphatic heterocycles. The van der Waals surface area contributed by atoms with E-state index in [0.717, 1.165) is 53.0 Å². The minimum absolute atomic E-state index is 0.00377. The number of anilines is 2. The van der Waals surface area contributed by atoms with E-state index in [-0.39, 0.29) is 73.5 Å². The number of nitrogens with zero attached hydrogens (tertiary/aromatic N) is 3. The second kappa shape index (κ2) is 20.0. The Kier molecular flexibility index (Phi) is 14.1. The van der Waals surface area contributed by atoms with Crippen molar-refractivity contribution in [3.63, 3.8) is 0 Å². The van der Waals surface area contributed by atoms with Crippen LogP contribution in [0.15, 0.2) is 42.5 Å². The molecule has 1 unspecified atom stereocenters. The number of halogens is 6. The van der Waals surface area contributed by atoms with E-state index in [2.05, 4.69) is 47.5 Å². The first kappa shape index (κ1) is 53.2. The summed E-state index contributed by atoms with van der Waals surface area (Å²) in [5.74, 6) is -9.89. The Labute approximate surface area is 441 Å². The maximum absolute atomic E-state index is 15.4. The molecule has 14 nitrogen and oxygen atoms in total. The molecule has 0 fully saturated rings. The summed E-state index contributed by atoms with van der Waals surface area (Å²) < 4.78 is 120. The van der Waals surface area contributed by atoms with E-state index in [1.165, 1.54) is 5.06 Å². The zero-order valence-corrected chi connectivity index (χ0v) is 44.2. The normalized spacial score (nSPS) is 19.5. The summed E-state index contributed by atoms with van der Waals surface area (Å²) in [5.41, 5.74) is 5.67. The summed E-state index contributed by atoms with van der Waals surface area (Å²) in [4.78, 5) is 38.9. The maximum atomic E-state index is 15.4. The molecule has 6 aliphatic rings. The third-order valence-corrected chi connectivity index (χ3v) is 16.1. The van der Waals surface area contributed by atoms with E-state index in [4.69, 9.17) is 47.0 Å². The predicted molar refractivity (Wildman–Crippen MR) is 273 cm³/mol. The zero-order chi connectivity index (χ0) is 53.5. The number of carbonyl (C=O) groups excluding carboxylic acids is 2. The highest BCUT2D eigenvalue weighted by atomic mass is 35.5. The summed E-state index contributed by atoms with van der Waals surface area (Å²) in [6, 6.07) is 7.19. The standard InChI is InChI=1S/C54H55Cl2F4N3O11S/c1-6-29-26-52(2,3)61-14-7-9-31-46(61)33(29)23-35-48(31)74-49-32-10-8-15-62-47(32)34(30(27-53(62,4)5)28-75(66,67)68)24-36(49)54(35)43-38(56)12-11-37(55)42(43)51(65)63(54)72-22-21-71-20-19-70-18-17-69-16-13-41(64)73-50-44(59)39(57)25-40(58)45(50)60/h11-12,23-27H,6-10,13-22,28H2,1-5H3,(H,66,67,68). The smallest absolute Gasteiger partial charge is 0.313 e. The van der Waals surface area contributed by atoms with Gasteiger partial charge in [-0.3, -0.25) is 19.0 Å². The van der Waals surface area contributed by atoms with Gasteiger partial charge in [0.1, 0.15) is 17.3 Å². The lowest BCUT2D eigenvalue weighted by atomic mass is 9.70. The molecule has 1 spiro atoms. The van der Waals surface area contributed by atoms with Gasteiger partial charge in [-0.1, -0.05) is 42.3 Å². The molecule has 1 atom stereocenters. The van der Waals surface area contributed by atoms with Gasteiger partial charge in [-0.2, -0.15) is 22.3 Å². The number of rotatable bonds is 17. The molecule has 0 radical (unpaired) electrons. The first-order valence-corrected chi connectivity index (χ1v) is 27.2. The zero-order valence-electron chi connectivity index (χ0n) is 41.9. The highest BCUT2D eigenvalue weighted by Crippen LogP contribution is 2.65. The first-order chi connectivity index (χ1) is 35.6. The molecule has 400 valence electrons. The quantitative estimate of drug-likeness (QED) is 0.0267. The van der Waals surface area contributed by atoms with Crippen LogP contribution in [0.1, 0.15) is 110 Å². The summed E-state index contributed by atoms with van der Waals surface area (Å²) >= 11 is 14.5. The minimum Gasteiger partial charge on any atom is -0.456 e. The number of hydroxylamine groups is 2. The Morgan fingerprint density at radius 2 is 1.25 bits per heavy atom. The molecule has 10 rings (SSSR count). The summed E-state index contributed by atoms with van der Waals surface area (Å²) in [6.45, 7) is 11.9. The van der Waals surface area contributed by atoms with Crippen molar-refractivity contribution in [1.29, 1.82) is 0 Å². The molecule has 0 bridgehead atoms. The van der Waals surface area contributed by atoms with Crippen LogP contribution in [0.2, 0.25) is 10.0 Å². The molecule has 0 saturated heterocycles. The topological polar surface area (TPSA) is 154 Å². The molecule has 4 aromatic carbocycles. The molecule has 0 saturated carbocycles. The van der Waals surface area contributed by atoms with Crippen LogP contribution in [0.5, 0.6) is 17.2 Å². The number of hydrogen-bond acceptors (Lipinski definition) is 12. The molecule has 21 heteroatoms. The predicted octanol–water partition coefficient (Wildman–Crippen LogP) is 10.5. The van der Waals surface area contributed by atoms with Crippen LogP contribution in [0.3, 0.4) is 0 Å². The van der Waals surface area contributed by atoms with Crippen LogP contribution in [0.25, 0.3) is 11.1 Å². The fraction of sp³-hybridized carbons (Fsp3) is 0.444. The van der Waals surface area contributed by atoms with Crippen LogP contribution >= 0.6 is 23.2 Å². The second-order valence-corrected chi connectivity index (χ2v) is 22.6. The lowest BCUT2D eigenvalue weighted by Gasteiger charge is -2.51. The van der Waals surface area contributed by atoms with Gasteiger partial charge in [0.05, 0.1) is 85.7 Å². The van der Waals surface area contributed by atoms with Gasteiger partial charge in [-0.05, 0) is 95.2 Å². The highest BCUT2D eigenvalue weighted by molar-refractivity contribution is 7.86. The highest BCUT2D eigenvalue weighted by Gasteiger charge is 2.62. The van der Waals surface area contributed by atoms with Crippen LogP contribution in [-0.4, -0.2) is 106 Å². The molecular formula is C54H55Cl2F4N3O11S. The van der Waals surface area contributed by atoms with Crippen molar-refractivity contribution >= 4 is 67.7 Å². The molecule has 0 aliphatic carbocycles.